The van der Waals surface area contributed by atoms with Crippen LogP contribution in [0.5, 0.6) is 0 Å². The molecule has 37 heavy (non-hydrogen) atoms. The predicted octanol–water partition coefficient (Wildman–Crippen LogP) is 3.89. The largest absolute Gasteiger partial charge is 0.460 e. The number of likely N-dealkylation sites (N-methyl/N-ethyl adjacent to an activating group) is 2. The maximum absolute atomic E-state index is 12.9. The van der Waals surface area contributed by atoms with Crippen molar-refractivity contribution >= 4 is 23.7 Å². The Bertz CT molecular complexity index is 880. The maximum atomic E-state index is 12.9. The van der Waals surface area contributed by atoms with Crippen molar-refractivity contribution in [3.63, 3.8) is 0 Å². The van der Waals surface area contributed by atoms with E-state index in [1.165, 1.54) is 4.90 Å². The van der Waals surface area contributed by atoms with Crippen molar-refractivity contribution in [2.45, 2.75) is 79.2 Å². The van der Waals surface area contributed by atoms with E-state index in [0.29, 0.717) is 12.2 Å². The van der Waals surface area contributed by atoms with E-state index in [9.17, 15) is 14.4 Å². The lowest BCUT2D eigenvalue weighted by molar-refractivity contribution is -0.155. The van der Waals surface area contributed by atoms with Gasteiger partial charge in [-0.1, -0.05) is 39.8 Å². The molecule has 2 atom stereocenters. The number of anilines is 1. The van der Waals surface area contributed by atoms with Crippen LogP contribution >= 0.6 is 0 Å². The number of amides is 2. The number of benzene rings is 1. The second kappa shape index (κ2) is 14.3. The molecule has 2 N–H and O–H groups in total. The first-order valence-electron chi connectivity index (χ1n) is 12.9. The van der Waals surface area contributed by atoms with Crippen molar-refractivity contribution < 1.29 is 23.9 Å². The fourth-order valence-corrected chi connectivity index (χ4v) is 3.16. The quantitative estimate of drug-likeness (QED) is 0.417. The van der Waals surface area contributed by atoms with Crippen molar-refractivity contribution in [1.82, 2.24) is 9.80 Å². The molecular weight excluding hydrogens is 472 g/mol. The van der Waals surface area contributed by atoms with Crippen LogP contribution in [-0.2, 0) is 25.7 Å². The monoisotopic (exact) mass is 520 g/mol. The highest BCUT2D eigenvalue weighted by molar-refractivity contribution is 5.93. The molecule has 0 aliphatic rings. The number of carbonyl (C=O) groups is 3. The fourth-order valence-electron chi connectivity index (χ4n) is 3.16. The molecule has 0 radical (unpaired) electrons. The van der Waals surface area contributed by atoms with E-state index in [1.807, 2.05) is 46.9 Å². The normalized spacial score (nSPS) is 13.5. The van der Waals surface area contributed by atoms with Crippen molar-refractivity contribution in [2.75, 3.05) is 39.1 Å². The summed E-state index contributed by atoms with van der Waals surface area (Å²) in [6.07, 6.45) is -0.892. The molecule has 9 heteroatoms. The van der Waals surface area contributed by atoms with Gasteiger partial charge in [-0.05, 0) is 57.4 Å². The van der Waals surface area contributed by atoms with Gasteiger partial charge >= 0.3 is 12.1 Å². The van der Waals surface area contributed by atoms with Gasteiger partial charge in [-0.25, -0.2) is 4.79 Å². The summed E-state index contributed by atoms with van der Waals surface area (Å²) in [5, 5.41) is 0. The topological polar surface area (TPSA) is 105 Å². The summed E-state index contributed by atoms with van der Waals surface area (Å²) >= 11 is 0. The minimum atomic E-state index is -0.722. The zero-order valence-electron chi connectivity index (χ0n) is 24.4. The maximum Gasteiger partial charge on any atom is 0.409 e. The van der Waals surface area contributed by atoms with Gasteiger partial charge in [0.15, 0.2) is 0 Å². The van der Waals surface area contributed by atoms with Gasteiger partial charge in [-0.15, -0.1) is 0 Å². The molecule has 1 rings (SSSR count). The van der Waals surface area contributed by atoms with Crippen molar-refractivity contribution in [2.24, 2.45) is 17.6 Å². The Morgan fingerprint density at radius 2 is 1.49 bits per heavy atom. The first-order valence-corrected chi connectivity index (χ1v) is 12.9. The van der Waals surface area contributed by atoms with Crippen LogP contribution in [0.2, 0.25) is 0 Å². The van der Waals surface area contributed by atoms with Crippen LogP contribution in [0.4, 0.5) is 10.5 Å². The highest BCUT2D eigenvalue weighted by Gasteiger charge is 2.28. The number of hydrogen-bond acceptors (Lipinski definition) is 7. The summed E-state index contributed by atoms with van der Waals surface area (Å²) < 4.78 is 11.0. The molecule has 0 aromatic heterocycles. The van der Waals surface area contributed by atoms with E-state index in [2.05, 4.69) is 25.7 Å². The third-order valence-corrected chi connectivity index (χ3v) is 6.67. The molecule has 0 fully saturated rings. The van der Waals surface area contributed by atoms with E-state index in [4.69, 9.17) is 15.2 Å². The van der Waals surface area contributed by atoms with E-state index in [1.54, 1.807) is 31.1 Å². The Balaban J connectivity index is 2.65. The second-order valence-electron chi connectivity index (χ2n) is 11.4. The lowest BCUT2D eigenvalue weighted by atomic mass is 10.0. The first kappa shape index (κ1) is 32.4. The molecule has 0 aliphatic heterocycles. The van der Waals surface area contributed by atoms with Crippen LogP contribution in [0.25, 0.3) is 0 Å². The van der Waals surface area contributed by atoms with Crippen LogP contribution in [0.15, 0.2) is 24.3 Å². The second-order valence-corrected chi connectivity index (χ2v) is 11.4. The van der Waals surface area contributed by atoms with Gasteiger partial charge < -0.3 is 25.0 Å². The highest BCUT2D eigenvalue weighted by Crippen LogP contribution is 2.19. The van der Waals surface area contributed by atoms with Crippen molar-refractivity contribution in [3.05, 3.63) is 29.8 Å². The number of hydrogen-bond donors (Lipinski definition) is 1. The van der Waals surface area contributed by atoms with Crippen LogP contribution in [0, 0.1) is 11.8 Å². The molecule has 1 unspecified atom stereocenters. The molecule has 1 aromatic rings. The lowest BCUT2D eigenvalue weighted by Gasteiger charge is -2.33. The van der Waals surface area contributed by atoms with E-state index >= 15 is 0 Å². The van der Waals surface area contributed by atoms with Gasteiger partial charge in [0.1, 0.15) is 18.8 Å². The molecule has 9 nitrogen and oxygen atoms in total. The molecule has 0 heterocycles. The van der Waals surface area contributed by atoms with E-state index in [-0.39, 0.29) is 42.4 Å². The Morgan fingerprint density at radius 1 is 0.919 bits per heavy atom. The van der Waals surface area contributed by atoms with Gasteiger partial charge in [-0.2, -0.15) is 0 Å². The molecule has 2 amide bonds. The summed E-state index contributed by atoms with van der Waals surface area (Å²) in [7, 11) is 5.43. The van der Waals surface area contributed by atoms with Crippen LogP contribution in [-0.4, -0.2) is 79.7 Å². The van der Waals surface area contributed by atoms with Crippen molar-refractivity contribution in [3.8, 4) is 0 Å². The van der Waals surface area contributed by atoms with Gasteiger partial charge in [-0.3, -0.25) is 14.5 Å². The first-order chi connectivity index (χ1) is 17.0. The van der Waals surface area contributed by atoms with Gasteiger partial charge in [0.25, 0.3) is 0 Å². The summed E-state index contributed by atoms with van der Waals surface area (Å²) in [6, 6.07) is 6.52. The minimum Gasteiger partial charge on any atom is -0.460 e. The average Bonchev–Trinajstić information content (AvgIpc) is 2.83. The van der Waals surface area contributed by atoms with Gasteiger partial charge in [0.2, 0.25) is 5.91 Å². The van der Waals surface area contributed by atoms with Gasteiger partial charge in [0, 0.05) is 38.4 Å². The Hall–Kier alpha value is -2.65. The average molecular weight is 521 g/mol. The molecule has 0 aliphatic carbocycles. The van der Waals surface area contributed by atoms with E-state index in [0.717, 1.165) is 12.1 Å². The third kappa shape index (κ3) is 10.7. The third-order valence-electron chi connectivity index (χ3n) is 6.67. The summed E-state index contributed by atoms with van der Waals surface area (Å²) in [5.41, 5.74) is 7.44. The standard InChI is InChI=1S/C28H48N4O5/c1-19(2)23(37-26(34)25(29)20(3)4)17-24(33)32(10)22-13-11-21(12-14-22)18-36-27(35)30(8)15-16-31(9)28(5,6)7/h11-14,19-20,23,25H,15-18,29H2,1-10H3/t23?,25-/m0/s1. The van der Waals surface area contributed by atoms with E-state index < -0.39 is 18.1 Å². The Morgan fingerprint density at radius 3 is 1.97 bits per heavy atom. The minimum absolute atomic E-state index is 0.0302. The summed E-state index contributed by atoms with van der Waals surface area (Å²) in [6.45, 7) is 15.3. The molecule has 0 bridgehead atoms. The molecule has 210 valence electrons. The smallest absolute Gasteiger partial charge is 0.409 e. The number of ether oxygens (including phenoxy) is 2. The molecular formula is C28H48N4O5. The zero-order valence-corrected chi connectivity index (χ0v) is 24.4. The number of nitrogens with two attached hydrogens (primary N) is 1. The molecule has 0 saturated heterocycles. The number of rotatable bonds is 12. The zero-order chi connectivity index (χ0) is 28.5. The number of nitrogens with zero attached hydrogens (tertiary/aromatic N) is 3. The van der Waals surface area contributed by atoms with Gasteiger partial charge in [0.05, 0.1) is 6.42 Å². The number of esters is 1. The fraction of sp³-hybridized carbons (Fsp3) is 0.679. The summed E-state index contributed by atoms with van der Waals surface area (Å²) in [5.74, 6) is -0.752. The van der Waals surface area contributed by atoms with Crippen molar-refractivity contribution in [1.29, 1.82) is 0 Å². The lowest BCUT2D eigenvalue weighted by Crippen LogP contribution is -2.43. The van der Waals surface area contributed by atoms with Crippen LogP contribution in [0.1, 0.15) is 60.5 Å². The highest BCUT2D eigenvalue weighted by atomic mass is 16.6. The SMILES string of the molecule is CC(C)C(CC(=O)N(C)c1ccc(COC(=O)N(C)CCN(C)C(C)(C)C)cc1)OC(=O)[C@@H](N)C(C)C. The summed E-state index contributed by atoms with van der Waals surface area (Å²) in [4.78, 5) is 42.8. The Labute approximate surface area is 223 Å². The molecule has 0 saturated carbocycles. The molecule has 0 spiro atoms. The van der Waals surface area contributed by atoms with Crippen LogP contribution < -0.4 is 10.6 Å². The number of carbonyl (C=O) groups excluding carboxylic acids is 3. The Kier molecular flexibility index (Phi) is 12.5. The predicted molar refractivity (Wildman–Crippen MR) is 147 cm³/mol. The molecule has 1 aromatic carbocycles. The van der Waals surface area contributed by atoms with Crippen LogP contribution in [0.3, 0.4) is 0 Å².